The van der Waals surface area contributed by atoms with E-state index in [1.165, 1.54) is 6.07 Å². The normalized spacial score (nSPS) is 15.3. The van der Waals surface area contributed by atoms with Crippen LogP contribution in [0.2, 0.25) is 10.0 Å². The third-order valence-corrected chi connectivity index (χ3v) is 7.61. The van der Waals surface area contributed by atoms with Gasteiger partial charge in [-0.2, -0.15) is 13.2 Å². The molecular weight excluding hydrogens is 502 g/mol. The summed E-state index contributed by atoms with van der Waals surface area (Å²) in [5, 5.41) is 10.4. The molecule has 5 nitrogen and oxygen atoms in total. The van der Waals surface area contributed by atoms with Crippen LogP contribution in [0.25, 0.3) is 10.9 Å². The molecule has 0 atom stereocenters. The number of hydrogen-bond acceptors (Lipinski definition) is 3. The van der Waals surface area contributed by atoms with Crippen LogP contribution >= 0.6 is 23.2 Å². The van der Waals surface area contributed by atoms with Gasteiger partial charge in [0, 0.05) is 36.7 Å². The van der Waals surface area contributed by atoms with Gasteiger partial charge >= 0.3 is 12.1 Å². The van der Waals surface area contributed by atoms with Crippen LogP contribution in [-0.4, -0.2) is 33.7 Å². The van der Waals surface area contributed by atoms with Crippen molar-refractivity contribution in [3.63, 3.8) is 0 Å². The van der Waals surface area contributed by atoms with E-state index < -0.39 is 17.7 Å². The summed E-state index contributed by atoms with van der Waals surface area (Å²) in [4.78, 5) is 17.7. The van der Waals surface area contributed by atoms with Gasteiger partial charge in [0.05, 0.1) is 33.4 Å². The van der Waals surface area contributed by atoms with Gasteiger partial charge in [-0.05, 0) is 62.8 Å². The Kier molecular flexibility index (Phi) is 6.99. The molecule has 3 aromatic rings. The minimum Gasteiger partial charge on any atom is -0.481 e. The number of hydrogen-bond donors (Lipinski definition) is 1. The molecule has 1 N–H and O–H groups in total. The van der Waals surface area contributed by atoms with Crippen LogP contribution < -0.4 is 4.90 Å². The van der Waals surface area contributed by atoms with Crippen molar-refractivity contribution in [3.05, 3.63) is 56.3 Å². The molecule has 188 valence electrons. The molecule has 35 heavy (non-hydrogen) atoms. The summed E-state index contributed by atoms with van der Waals surface area (Å²) >= 11 is 13.5. The van der Waals surface area contributed by atoms with Crippen molar-refractivity contribution in [2.75, 3.05) is 18.0 Å². The average Bonchev–Trinajstić information content (AvgIpc) is 3.09. The molecule has 0 aliphatic carbocycles. The number of carbonyl (C=O) groups is 1. The van der Waals surface area contributed by atoms with E-state index in [1.807, 2.05) is 15.7 Å². The minimum absolute atomic E-state index is 0.120. The molecule has 0 radical (unpaired) electrons. The van der Waals surface area contributed by atoms with E-state index in [0.29, 0.717) is 56.7 Å². The first-order valence-electron chi connectivity index (χ1n) is 11.3. The molecule has 1 aliphatic rings. The second-order valence-electron chi connectivity index (χ2n) is 9.28. The lowest BCUT2D eigenvalue weighted by Crippen LogP contribution is -2.35. The van der Waals surface area contributed by atoms with Crippen molar-refractivity contribution in [1.29, 1.82) is 0 Å². The van der Waals surface area contributed by atoms with Gasteiger partial charge in [0.2, 0.25) is 0 Å². The molecule has 0 unspecified atom stereocenters. The van der Waals surface area contributed by atoms with Crippen LogP contribution in [0.1, 0.15) is 47.2 Å². The Morgan fingerprint density at radius 3 is 2.37 bits per heavy atom. The fraction of sp³-hybridized carbons (Fsp3) is 0.440. The maximum Gasteiger partial charge on any atom is 0.416 e. The lowest BCUT2D eigenvalue weighted by Gasteiger charge is -2.33. The first-order chi connectivity index (χ1) is 16.4. The monoisotopic (exact) mass is 527 g/mol. The number of rotatable bonds is 5. The summed E-state index contributed by atoms with van der Waals surface area (Å²) in [6, 6.07) is 2.34. The SMILES string of the molecule is Cc1nc(N2CCC(CC(=O)O)CC2)c(Cl)c(Cn2cc(C)c3cc(C(F)(F)F)cc(C)c32)c1Cl. The van der Waals surface area contributed by atoms with Crippen LogP contribution in [0.3, 0.4) is 0 Å². The highest BCUT2D eigenvalue weighted by Gasteiger charge is 2.32. The molecule has 0 bridgehead atoms. The van der Waals surface area contributed by atoms with Crippen molar-refractivity contribution in [3.8, 4) is 0 Å². The van der Waals surface area contributed by atoms with E-state index in [-0.39, 0.29) is 18.9 Å². The quantitative estimate of drug-likeness (QED) is 0.387. The Morgan fingerprint density at radius 2 is 1.77 bits per heavy atom. The zero-order valence-electron chi connectivity index (χ0n) is 19.6. The van der Waals surface area contributed by atoms with E-state index in [2.05, 4.69) is 4.98 Å². The maximum absolute atomic E-state index is 13.4. The van der Waals surface area contributed by atoms with Gasteiger partial charge in [-0.25, -0.2) is 4.98 Å². The summed E-state index contributed by atoms with van der Waals surface area (Å²) in [5.74, 6) is -0.0769. The highest BCUT2D eigenvalue weighted by atomic mass is 35.5. The minimum atomic E-state index is -4.42. The number of fused-ring (bicyclic) bond motifs is 1. The molecule has 1 aliphatic heterocycles. The van der Waals surface area contributed by atoms with E-state index in [0.717, 1.165) is 24.5 Å². The fourth-order valence-electron chi connectivity index (χ4n) is 4.94. The first kappa shape index (κ1) is 25.6. The highest BCUT2D eigenvalue weighted by Crippen LogP contribution is 2.39. The number of aliphatic carboxylic acids is 1. The van der Waals surface area contributed by atoms with Gasteiger partial charge in [-0.15, -0.1) is 0 Å². The molecule has 1 fully saturated rings. The smallest absolute Gasteiger partial charge is 0.416 e. The number of nitrogens with zero attached hydrogens (tertiary/aromatic N) is 3. The number of aryl methyl sites for hydroxylation is 3. The van der Waals surface area contributed by atoms with Crippen molar-refractivity contribution >= 4 is 45.9 Å². The number of aromatic nitrogens is 2. The Balaban J connectivity index is 1.70. The molecule has 10 heteroatoms. The number of piperidine rings is 1. The van der Waals surface area contributed by atoms with Gasteiger partial charge in [-0.3, -0.25) is 4.79 Å². The lowest BCUT2D eigenvalue weighted by molar-refractivity contribution is -0.138. The molecule has 2 aromatic heterocycles. The number of halogens is 5. The van der Waals surface area contributed by atoms with E-state index in [1.54, 1.807) is 20.8 Å². The second kappa shape index (κ2) is 9.54. The summed E-state index contributed by atoms with van der Waals surface area (Å²) in [6.45, 7) is 6.79. The van der Waals surface area contributed by atoms with Crippen molar-refractivity contribution in [1.82, 2.24) is 9.55 Å². The molecule has 0 spiro atoms. The molecule has 1 aromatic carbocycles. The molecule has 4 rings (SSSR count). The van der Waals surface area contributed by atoms with Crippen LogP contribution in [0, 0.1) is 26.7 Å². The Bertz CT molecular complexity index is 1300. The largest absolute Gasteiger partial charge is 0.481 e. The van der Waals surface area contributed by atoms with Crippen LogP contribution in [0.5, 0.6) is 0 Å². The number of carboxylic acid groups (broad SMARTS) is 1. The number of benzene rings is 1. The number of anilines is 1. The van der Waals surface area contributed by atoms with Crippen molar-refractivity contribution in [2.45, 2.75) is 52.8 Å². The third-order valence-electron chi connectivity index (χ3n) is 6.71. The third kappa shape index (κ3) is 5.09. The number of pyridine rings is 1. The van der Waals surface area contributed by atoms with E-state index in [4.69, 9.17) is 28.3 Å². The molecule has 0 amide bonds. The van der Waals surface area contributed by atoms with E-state index in [9.17, 15) is 18.0 Å². The maximum atomic E-state index is 13.4. The van der Waals surface area contributed by atoms with Crippen LogP contribution in [-0.2, 0) is 17.5 Å². The van der Waals surface area contributed by atoms with Crippen molar-refractivity contribution < 1.29 is 23.1 Å². The zero-order valence-corrected chi connectivity index (χ0v) is 21.2. The van der Waals surface area contributed by atoms with Gasteiger partial charge in [0.25, 0.3) is 0 Å². The summed E-state index contributed by atoms with van der Waals surface area (Å²) in [5.41, 5.74) is 2.54. The van der Waals surface area contributed by atoms with Gasteiger partial charge in [0.15, 0.2) is 0 Å². The Hall–Kier alpha value is -2.45. The highest BCUT2D eigenvalue weighted by molar-refractivity contribution is 6.37. The average molecular weight is 528 g/mol. The van der Waals surface area contributed by atoms with E-state index >= 15 is 0 Å². The van der Waals surface area contributed by atoms with Crippen LogP contribution in [0.15, 0.2) is 18.3 Å². The number of carboxylic acids is 1. The summed E-state index contributed by atoms with van der Waals surface area (Å²) in [6.07, 6.45) is -1.01. The van der Waals surface area contributed by atoms with Crippen LogP contribution in [0.4, 0.5) is 19.0 Å². The fourth-order valence-corrected chi connectivity index (χ4v) is 5.50. The predicted octanol–water partition coefficient (Wildman–Crippen LogP) is 7.03. The first-order valence-corrected chi connectivity index (χ1v) is 12.1. The number of alkyl halides is 3. The molecule has 3 heterocycles. The lowest BCUT2D eigenvalue weighted by atomic mass is 9.93. The standard InChI is InChI=1S/C25H26Cl2F3N3O2/c1-13-8-17(25(28,29)30)10-18-14(2)11-33(23(13)18)12-19-21(26)15(3)31-24(22(19)27)32-6-4-16(5-7-32)9-20(34)35/h8,10-11,16H,4-7,9,12H2,1-3H3,(H,34,35). The summed E-state index contributed by atoms with van der Waals surface area (Å²) in [7, 11) is 0. The van der Waals surface area contributed by atoms with Gasteiger partial charge in [0.1, 0.15) is 5.82 Å². The van der Waals surface area contributed by atoms with Gasteiger partial charge < -0.3 is 14.6 Å². The topological polar surface area (TPSA) is 58.4 Å². The Morgan fingerprint density at radius 1 is 1.11 bits per heavy atom. The Labute approximate surface area is 211 Å². The second-order valence-corrected chi connectivity index (χ2v) is 10.0. The zero-order chi connectivity index (χ0) is 25.7. The summed E-state index contributed by atoms with van der Waals surface area (Å²) < 4.78 is 42.0. The van der Waals surface area contributed by atoms with Gasteiger partial charge in [-0.1, -0.05) is 23.2 Å². The molecule has 1 saturated heterocycles. The predicted molar refractivity (Wildman–Crippen MR) is 132 cm³/mol. The molecule has 0 saturated carbocycles. The molecular formula is C25H26Cl2F3N3O2. The van der Waals surface area contributed by atoms with Crippen molar-refractivity contribution in [2.24, 2.45) is 5.92 Å².